The zero-order valence-corrected chi connectivity index (χ0v) is 14.2. The minimum Gasteiger partial charge on any atom is -0.339 e. The maximum atomic E-state index is 12.7. The molecule has 2 aliphatic carbocycles. The minimum absolute atomic E-state index is 0.157. The average molecular weight is 326 g/mol. The van der Waals surface area contributed by atoms with Crippen LogP contribution in [0.3, 0.4) is 0 Å². The van der Waals surface area contributed by atoms with Gasteiger partial charge in [-0.05, 0) is 30.7 Å². The van der Waals surface area contributed by atoms with Crippen molar-refractivity contribution in [3.8, 4) is 0 Å². The van der Waals surface area contributed by atoms with Crippen LogP contribution in [-0.2, 0) is 9.59 Å². The molecule has 1 aromatic rings. The molecule has 0 aromatic heterocycles. The third-order valence-corrected chi connectivity index (χ3v) is 5.94. The molecule has 0 bridgehead atoms. The van der Waals surface area contributed by atoms with Gasteiger partial charge in [0, 0.05) is 38.0 Å². The van der Waals surface area contributed by atoms with Crippen molar-refractivity contribution in [2.45, 2.75) is 38.0 Å². The summed E-state index contributed by atoms with van der Waals surface area (Å²) in [5.41, 5.74) is 1.28. The van der Waals surface area contributed by atoms with Crippen LogP contribution in [-0.4, -0.2) is 47.8 Å². The molecule has 4 heteroatoms. The van der Waals surface area contributed by atoms with E-state index < -0.39 is 0 Å². The van der Waals surface area contributed by atoms with Crippen molar-refractivity contribution < 1.29 is 9.59 Å². The van der Waals surface area contributed by atoms with E-state index in [1.807, 2.05) is 28.0 Å². The van der Waals surface area contributed by atoms with E-state index in [2.05, 4.69) is 12.1 Å². The summed E-state index contributed by atoms with van der Waals surface area (Å²) >= 11 is 0. The SMILES string of the molecule is O=C(C1CCCC1)N1CCN(C(=O)C2CC2c2ccccc2)CC1. The topological polar surface area (TPSA) is 40.6 Å². The molecule has 24 heavy (non-hydrogen) atoms. The largest absolute Gasteiger partial charge is 0.339 e. The predicted molar refractivity (Wildman–Crippen MR) is 92.4 cm³/mol. The fourth-order valence-electron chi connectivity index (χ4n) is 4.35. The number of piperazine rings is 1. The molecular weight excluding hydrogens is 300 g/mol. The zero-order valence-electron chi connectivity index (χ0n) is 14.2. The summed E-state index contributed by atoms with van der Waals surface area (Å²) in [4.78, 5) is 29.1. The Morgan fingerprint density at radius 3 is 2.04 bits per heavy atom. The first kappa shape index (κ1) is 15.7. The van der Waals surface area contributed by atoms with E-state index in [4.69, 9.17) is 0 Å². The van der Waals surface area contributed by atoms with Crippen LogP contribution in [0.25, 0.3) is 0 Å². The van der Waals surface area contributed by atoms with Gasteiger partial charge in [-0.15, -0.1) is 0 Å². The molecule has 1 aliphatic heterocycles. The van der Waals surface area contributed by atoms with Gasteiger partial charge < -0.3 is 9.80 Å². The maximum Gasteiger partial charge on any atom is 0.226 e. The van der Waals surface area contributed by atoms with Gasteiger partial charge in [-0.25, -0.2) is 0 Å². The lowest BCUT2D eigenvalue weighted by Gasteiger charge is -2.36. The number of nitrogens with zero attached hydrogens (tertiary/aromatic N) is 2. The second kappa shape index (κ2) is 6.58. The van der Waals surface area contributed by atoms with Crippen LogP contribution in [0.1, 0.15) is 43.6 Å². The van der Waals surface area contributed by atoms with Gasteiger partial charge in [0.25, 0.3) is 0 Å². The van der Waals surface area contributed by atoms with Gasteiger partial charge >= 0.3 is 0 Å². The quantitative estimate of drug-likeness (QED) is 0.857. The molecule has 4 rings (SSSR count). The molecule has 4 nitrogen and oxygen atoms in total. The van der Waals surface area contributed by atoms with Crippen molar-refractivity contribution in [2.75, 3.05) is 26.2 Å². The van der Waals surface area contributed by atoms with Crippen molar-refractivity contribution in [1.29, 1.82) is 0 Å². The molecular formula is C20H26N2O2. The third-order valence-electron chi connectivity index (χ3n) is 5.94. The Kier molecular flexibility index (Phi) is 4.30. The molecule has 1 saturated heterocycles. The van der Waals surface area contributed by atoms with Gasteiger partial charge in [0.15, 0.2) is 0 Å². The predicted octanol–water partition coefficient (Wildman–Crippen LogP) is 2.65. The Bertz CT molecular complexity index is 601. The highest BCUT2D eigenvalue weighted by Gasteiger charge is 2.46. The standard InChI is InChI=1S/C20H26N2O2/c23-19(16-8-4-5-9-16)21-10-12-22(13-11-21)20(24)18-14-17(18)15-6-2-1-3-7-15/h1-3,6-7,16-18H,4-5,8-14H2. The van der Waals surface area contributed by atoms with E-state index in [-0.39, 0.29) is 17.7 Å². The maximum absolute atomic E-state index is 12.7. The monoisotopic (exact) mass is 326 g/mol. The first-order chi connectivity index (χ1) is 11.7. The van der Waals surface area contributed by atoms with Crippen LogP contribution in [0.4, 0.5) is 0 Å². The Hall–Kier alpha value is -1.84. The summed E-state index contributed by atoms with van der Waals surface area (Å²) in [7, 11) is 0. The second-order valence-corrected chi connectivity index (χ2v) is 7.49. The Morgan fingerprint density at radius 1 is 0.833 bits per heavy atom. The fourth-order valence-corrected chi connectivity index (χ4v) is 4.35. The zero-order chi connectivity index (χ0) is 16.5. The van der Waals surface area contributed by atoms with Crippen LogP contribution in [0, 0.1) is 11.8 Å². The number of hydrogen-bond donors (Lipinski definition) is 0. The van der Waals surface area contributed by atoms with Crippen LogP contribution >= 0.6 is 0 Å². The molecule has 3 aliphatic rings. The van der Waals surface area contributed by atoms with E-state index in [1.54, 1.807) is 0 Å². The minimum atomic E-state index is 0.157. The van der Waals surface area contributed by atoms with E-state index in [9.17, 15) is 9.59 Å². The Balaban J connectivity index is 1.29. The molecule has 0 spiro atoms. The number of benzene rings is 1. The van der Waals surface area contributed by atoms with Crippen LogP contribution in [0.2, 0.25) is 0 Å². The Labute approximate surface area is 143 Å². The molecule has 0 N–H and O–H groups in total. The van der Waals surface area contributed by atoms with Gasteiger partial charge in [0.1, 0.15) is 0 Å². The van der Waals surface area contributed by atoms with Gasteiger partial charge in [0.2, 0.25) is 11.8 Å². The van der Waals surface area contributed by atoms with E-state index in [0.29, 0.717) is 38.0 Å². The number of carbonyl (C=O) groups is 2. The summed E-state index contributed by atoms with van der Waals surface area (Å²) in [5, 5.41) is 0. The third kappa shape index (κ3) is 3.06. The molecule has 0 radical (unpaired) electrons. The molecule has 128 valence electrons. The molecule has 1 heterocycles. The van der Waals surface area contributed by atoms with Gasteiger partial charge in [-0.3, -0.25) is 9.59 Å². The van der Waals surface area contributed by atoms with Crippen LogP contribution < -0.4 is 0 Å². The molecule has 3 fully saturated rings. The summed E-state index contributed by atoms with van der Waals surface area (Å²) < 4.78 is 0. The second-order valence-electron chi connectivity index (χ2n) is 7.49. The summed E-state index contributed by atoms with van der Waals surface area (Å²) in [6.45, 7) is 2.83. The highest BCUT2D eigenvalue weighted by molar-refractivity contribution is 5.84. The van der Waals surface area contributed by atoms with E-state index in [0.717, 1.165) is 19.3 Å². The molecule has 2 amide bonds. The first-order valence-electron chi connectivity index (χ1n) is 9.36. The summed E-state index contributed by atoms with van der Waals surface area (Å²) in [6.07, 6.45) is 5.47. The van der Waals surface area contributed by atoms with Crippen molar-refractivity contribution >= 4 is 11.8 Å². The van der Waals surface area contributed by atoms with Gasteiger partial charge in [-0.2, -0.15) is 0 Å². The first-order valence-corrected chi connectivity index (χ1v) is 9.36. The number of rotatable bonds is 3. The molecule has 1 aromatic carbocycles. The van der Waals surface area contributed by atoms with E-state index >= 15 is 0 Å². The number of hydrogen-bond acceptors (Lipinski definition) is 2. The summed E-state index contributed by atoms with van der Waals surface area (Å²) in [5.74, 6) is 1.42. The lowest BCUT2D eigenvalue weighted by atomic mass is 10.1. The molecule has 2 saturated carbocycles. The average Bonchev–Trinajstić information content (AvgIpc) is 3.26. The van der Waals surface area contributed by atoms with Gasteiger partial charge in [0.05, 0.1) is 0 Å². The van der Waals surface area contributed by atoms with Crippen molar-refractivity contribution in [3.05, 3.63) is 35.9 Å². The summed E-state index contributed by atoms with van der Waals surface area (Å²) in [6, 6.07) is 10.3. The van der Waals surface area contributed by atoms with E-state index in [1.165, 1.54) is 18.4 Å². The highest BCUT2D eigenvalue weighted by Crippen LogP contribution is 2.48. The lowest BCUT2D eigenvalue weighted by molar-refractivity contribution is -0.142. The molecule has 2 atom stereocenters. The van der Waals surface area contributed by atoms with Crippen molar-refractivity contribution in [3.63, 3.8) is 0 Å². The smallest absolute Gasteiger partial charge is 0.226 e. The van der Waals surface area contributed by atoms with Crippen molar-refractivity contribution in [1.82, 2.24) is 9.80 Å². The normalized spacial score (nSPS) is 27.3. The molecule has 2 unspecified atom stereocenters. The lowest BCUT2D eigenvalue weighted by Crippen LogP contribution is -2.52. The van der Waals surface area contributed by atoms with Crippen LogP contribution in [0.5, 0.6) is 0 Å². The van der Waals surface area contributed by atoms with Gasteiger partial charge in [-0.1, -0.05) is 43.2 Å². The van der Waals surface area contributed by atoms with Crippen LogP contribution in [0.15, 0.2) is 30.3 Å². The number of carbonyl (C=O) groups excluding carboxylic acids is 2. The number of amides is 2. The Morgan fingerprint density at radius 2 is 1.42 bits per heavy atom. The van der Waals surface area contributed by atoms with Crippen molar-refractivity contribution in [2.24, 2.45) is 11.8 Å². The highest BCUT2D eigenvalue weighted by atomic mass is 16.2. The fraction of sp³-hybridized carbons (Fsp3) is 0.600.